The van der Waals surface area contributed by atoms with E-state index >= 15 is 0 Å². The Hall–Kier alpha value is -1.70. The Bertz CT molecular complexity index is 377. The van der Waals surface area contributed by atoms with Crippen molar-refractivity contribution in [3.8, 4) is 6.07 Å². The molecular weight excluding hydrogens is 193 g/mol. The summed E-state index contributed by atoms with van der Waals surface area (Å²) in [5.41, 5.74) is 0.702. The van der Waals surface area contributed by atoms with Crippen LogP contribution in [-0.4, -0.2) is 6.30 Å². The van der Waals surface area contributed by atoms with Crippen LogP contribution in [0, 0.1) is 18.3 Å². The molecule has 0 amide bonds. The summed E-state index contributed by atoms with van der Waals surface area (Å²) in [6, 6.07) is 5.82. The molecule has 1 aromatic carbocycles. The van der Waals surface area contributed by atoms with E-state index in [1.54, 1.807) is 0 Å². The largest absolute Gasteiger partial charge is 0.482 e. The van der Waals surface area contributed by atoms with E-state index in [1.165, 1.54) is 30.4 Å². The summed E-state index contributed by atoms with van der Waals surface area (Å²) in [4.78, 5) is 0. The summed E-state index contributed by atoms with van der Waals surface area (Å²) < 4.78 is 35.8. The number of nitrogens with one attached hydrogen (secondary N) is 1. The number of anilines is 1. The van der Waals surface area contributed by atoms with Crippen LogP contribution >= 0.6 is 0 Å². The number of benzene rings is 1. The summed E-state index contributed by atoms with van der Waals surface area (Å²) in [6.07, 6.45) is -4.45. The fourth-order valence-corrected chi connectivity index (χ4v) is 1.03. The summed E-state index contributed by atoms with van der Waals surface area (Å²) >= 11 is 0. The molecule has 0 heterocycles. The Balaban J connectivity index is 2.97. The van der Waals surface area contributed by atoms with Crippen molar-refractivity contribution >= 4 is 5.69 Å². The lowest BCUT2D eigenvalue weighted by molar-refractivity contribution is -0.0999. The van der Waals surface area contributed by atoms with E-state index in [0.29, 0.717) is 11.1 Å². The van der Waals surface area contributed by atoms with Crippen LogP contribution in [0.1, 0.15) is 11.1 Å². The van der Waals surface area contributed by atoms with Gasteiger partial charge >= 0.3 is 6.30 Å². The highest BCUT2D eigenvalue weighted by atomic mass is 19.4. The molecule has 0 aromatic heterocycles. The Kier molecular flexibility index (Phi) is 2.65. The number of aryl methyl sites for hydroxylation is 1. The lowest BCUT2D eigenvalue weighted by atomic mass is 10.1. The van der Waals surface area contributed by atoms with Gasteiger partial charge in [0.25, 0.3) is 0 Å². The van der Waals surface area contributed by atoms with Gasteiger partial charge in [-0.2, -0.15) is 18.4 Å². The molecule has 0 spiro atoms. The zero-order chi connectivity index (χ0) is 10.8. The third-order valence-corrected chi connectivity index (χ3v) is 1.63. The van der Waals surface area contributed by atoms with Crippen LogP contribution in [-0.2, 0) is 0 Å². The molecule has 0 fully saturated rings. The Morgan fingerprint density at radius 2 is 2.00 bits per heavy atom. The van der Waals surface area contributed by atoms with Crippen molar-refractivity contribution in [3.63, 3.8) is 0 Å². The van der Waals surface area contributed by atoms with Crippen LogP contribution in [0.25, 0.3) is 0 Å². The van der Waals surface area contributed by atoms with E-state index in [-0.39, 0.29) is 5.69 Å². The topological polar surface area (TPSA) is 35.8 Å². The van der Waals surface area contributed by atoms with E-state index in [0.717, 1.165) is 0 Å². The number of hydrogen-bond acceptors (Lipinski definition) is 2. The summed E-state index contributed by atoms with van der Waals surface area (Å²) in [5.74, 6) is 0. The molecule has 1 rings (SSSR count). The SMILES string of the molecule is Cc1cc(C#N)ccc1NC(F)(F)F. The van der Waals surface area contributed by atoms with Gasteiger partial charge in [-0.25, -0.2) is 0 Å². The first-order valence-corrected chi connectivity index (χ1v) is 3.78. The Morgan fingerprint density at radius 3 is 2.43 bits per heavy atom. The molecule has 0 atom stereocenters. The molecule has 0 aliphatic rings. The number of nitrogens with zero attached hydrogens (tertiary/aromatic N) is 1. The van der Waals surface area contributed by atoms with Crippen molar-refractivity contribution in [1.29, 1.82) is 5.26 Å². The molecule has 1 N–H and O–H groups in total. The summed E-state index contributed by atoms with van der Waals surface area (Å²) in [5, 5.41) is 9.88. The van der Waals surface area contributed by atoms with Crippen LogP contribution in [0.4, 0.5) is 18.9 Å². The number of nitriles is 1. The monoisotopic (exact) mass is 200 g/mol. The average molecular weight is 200 g/mol. The first-order chi connectivity index (χ1) is 6.42. The maximum absolute atomic E-state index is 11.9. The number of rotatable bonds is 1. The smallest absolute Gasteiger partial charge is 0.297 e. The maximum atomic E-state index is 11.9. The van der Waals surface area contributed by atoms with Gasteiger partial charge in [-0.3, -0.25) is 5.32 Å². The normalized spacial score (nSPS) is 10.8. The van der Waals surface area contributed by atoms with E-state index in [9.17, 15) is 13.2 Å². The van der Waals surface area contributed by atoms with E-state index in [1.807, 2.05) is 6.07 Å². The van der Waals surface area contributed by atoms with Crippen molar-refractivity contribution in [2.45, 2.75) is 13.2 Å². The van der Waals surface area contributed by atoms with Gasteiger partial charge in [0, 0.05) is 5.69 Å². The van der Waals surface area contributed by atoms with E-state index < -0.39 is 6.30 Å². The quantitative estimate of drug-likeness (QED) is 0.707. The molecular formula is C9H7F3N2. The molecule has 1 aromatic rings. The highest BCUT2D eigenvalue weighted by Crippen LogP contribution is 2.23. The van der Waals surface area contributed by atoms with Crippen molar-refractivity contribution in [1.82, 2.24) is 0 Å². The van der Waals surface area contributed by atoms with Crippen molar-refractivity contribution in [2.24, 2.45) is 0 Å². The maximum Gasteiger partial charge on any atom is 0.482 e. The molecule has 14 heavy (non-hydrogen) atoms. The van der Waals surface area contributed by atoms with Gasteiger partial charge in [0.05, 0.1) is 11.6 Å². The fraction of sp³-hybridized carbons (Fsp3) is 0.222. The molecule has 2 nitrogen and oxygen atoms in total. The molecule has 0 aliphatic carbocycles. The van der Waals surface area contributed by atoms with E-state index in [2.05, 4.69) is 0 Å². The van der Waals surface area contributed by atoms with Crippen LogP contribution in [0.2, 0.25) is 0 Å². The first-order valence-electron chi connectivity index (χ1n) is 3.78. The lowest BCUT2D eigenvalue weighted by Crippen LogP contribution is -2.21. The molecule has 5 heteroatoms. The highest BCUT2D eigenvalue weighted by molar-refractivity contribution is 5.54. The van der Waals surface area contributed by atoms with Gasteiger partial charge in [0.15, 0.2) is 0 Å². The van der Waals surface area contributed by atoms with Crippen molar-refractivity contribution < 1.29 is 13.2 Å². The summed E-state index contributed by atoms with van der Waals surface area (Å²) in [6.45, 7) is 1.51. The second kappa shape index (κ2) is 3.58. The molecule has 0 aliphatic heterocycles. The zero-order valence-corrected chi connectivity index (χ0v) is 7.31. The first kappa shape index (κ1) is 10.4. The van der Waals surface area contributed by atoms with Crippen LogP contribution < -0.4 is 5.32 Å². The lowest BCUT2D eigenvalue weighted by Gasteiger charge is -2.12. The number of halogens is 3. The predicted molar refractivity (Wildman–Crippen MR) is 45.6 cm³/mol. The van der Waals surface area contributed by atoms with E-state index in [4.69, 9.17) is 5.26 Å². The summed E-state index contributed by atoms with van der Waals surface area (Å²) in [7, 11) is 0. The zero-order valence-electron chi connectivity index (χ0n) is 7.31. The van der Waals surface area contributed by atoms with Crippen LogP contribution in [0.3, 0.4) is 0 Å². The van der Waals surface area contributed by atoms with Gasteiger partial charge in [0.1, 0.15) is 0 Å². The van der Waals surface area contributed by atoms with Gasteiger partial charge in [-0.1, -0.05) is 0 Å². The van der Waals surface area contributed by atoms with Crippen molar-refractivity contribution in [2.75, 3.05) is 5.32 Å². The van der Waals surface area contributed by atoms with Crippen molar-refractivity contribution in [3.05, 3.63) is 29.3 Å². The average Bonchev–Trinajstić information content (AvgIpc) is 2.06. The second-order valence-electron chi connectivity index (χ2n) is 2.76. The molecule has 0 bridgehead atoms. The van der Waals surface area contributed by atoms with Gasteiger partial charge in [-0.15, -0.1) is 0 Å². The third-order valence-electron chi connectivity index (χ3n) is 1.63. The van der Waals surface area contributed by atoms with Gasteiger partial charge < -0.3 is 0 Å². The standard InChI is InChI=1S/C9H7F3N2/c1-6-4-7(5-13)2-3-8(6)14-9(10,11)12/h2-4,14H,1H3. The third kappa shape index (κ3) is 2.66. The minimum Gasteiger partial charge on any atom is -0.297 e. The van der Waals surface area contributed by atoms with Gasteiger partial charge in [-0.05, 0) is 30.7 Å². The minimum absolute atomic E-state index is 0.0310. The number of hydrogen-bond donors (Lipinski definition) is 1. The molecule has 0 unspecified atom stereocenters. The van der Waals surface area contributed by atoms with Crippen LogP contribution in [0.15, 0.2) is 18.2 Å². The predicted octanol–water partition coefficient (Wildman–Crippen LogP) is 2.80. The second-order valence-corrected chi connectivity index (χ2v) is 2.76. The molecule has 0 saturated heterocycles. The molecule has 0 saturated carbocycles. The highest BCUT2D eigenvalue weighted by Gasteiger charge is 2.27. The van der Waals surface area contributed by atoms with Crippen LogP contribution in [0.5, 0.6) is 0 Å². The fourth-order valence-electron chi connectivity index (χ4n) is 1.03. The minimum atomic E-state index is -4.45. The molecule has 0 radical (unpaired) electrons. The Labute approximate surface area is 79.0 Å². The van der Waals surface area contributed by atoms with Gasteiger partial charge in [0.2, 0.25) is 0 Å². The molecule has 74 valence electrons. The Morgan fingerprint density at radius 1 is 1.36 bits per heavy atom. The number of alkyl halides is 3.